The second kappa shape index (κ2) is 7.45. The maximum Gasteiger partial charge on any atom is 0.148 e. The summed E-state index contributed by atoms with van der Waals surface area (Å²) in [7, 11) is 0. The zero-order valence-electron chi connectivity index (χ0n) is 14.0. The van der Waals surface area contributed by atoms with Crippen LogP contribution in [-0.4, -0.2) is 32.8 Å². The molecule has 1 aromatic carbocycles. The van der Waals surface area contributed by atoms with Crippen LogP contribution in [0.5, 0.6) is 0 Å². The first-order valence-electron chi connectivity index (χ1n) is 8.68. The lowest BCUT2D eigenvalue weighted by atomic mass is 9.94. The Morgan fingerprint density at radius 1 is 1.16 bits per heavy atom. The molecule has 130 valence electrons. The summed E-state index contributed by atoms with van der Waals surface area (Å²) in [5, 5.41) is 7.85. The first kappa shape index (κ1) is 16.4. The van der Waals surface area contributed by atoms with E-state index in [2.05, 4.69) is 20.4 Å². The molecule has 0 N–H and O–H groups in total. The van der Waals surface area contributed by atoms with Gasteiger partial charge in [0.15, 0.2) is 0 Å². The van der Waals surface area contributed by atoms with Crippen LogP contribution in [0.2, 0.25) is 0 Å². The van der Waals surface area contributed by atoms with Gasteiger partial charge in [0, 0.05) is 30.7 Å². The summed E-state index contributed by atoms with van der Waals surface area (Å²) in [6.07, 6.45) is 7.23. The van der Waals surface area contributed by atoms with Crippen molar-refractivity contribution in [2.45, 2.75) is 25.8 Å². The molecule has 0 amide bonds. The molecule has 1 saturated heterocycles. The van der Waals surface area contributed by atoms with E-state index < -0.39 is 0 Å². The summed E-state index contributed by atoms with van der Waals surface area (Å²) in [4.78, 5) is 6.83. The molecular weight excluding hydrogens is 335 g/mol. The molecule has 6 heteroatoms. The van der Waals surface area contributed by atoms with Crippen molar-refractivity contribution in [3.63, 3.8) is 0 Å². The molecule has 0 saturated carbocycles. The molecule has 1 aliphatic rings. The first-order chi connectivity index (χ1) is 12.3. The number of benzene rings is 1. The van der Waals surface area contributed by atoms with Crippen molar-refractivity contribution in [3.8, 4) is 5.69 Å². The number of rotatable bonds is 5. The Labute approximate surface area is 150 Å². The van der Waals surface area contributed by atoms with E-state index in [0.29, 0.717) is 5.69 Å². The lowest BCUT2D eigenvalue weighted by Gasteiger charge is -2.31. The number of para-hydroxylation sites is 1. The number of halogens is 1. The molecule has 1 fully saturated rings. The van der Waals surface area contributed by atoms with Gasteiger partial charge in [-0.25, -0.2) is 14.1 Å². The van der Waals surface area contributed by atoms with Gasteiger partial charge in [-0.2, -0.15) is 5.10 Å². The number of hydrogen-bond acceptors (Lipinski definition) is 4. The average Bonchev–Trinajstić information content (AvgIpc) is 3.29. The Bertz CT molecular complexity index is 806. The fourth-order valence-corrected chi connectivity index (χ4v) is 4.13. The van der Waals surface area contributed by atoms with Crippen LogP contribution in [0.25, 0.3) is 5.69 Å². The number of aromatic nitrogens is 3. The van der Waals surface area contributed by atoms with E-state index in [4.69, 9.17) is 0 Å². The largest absolute Gasteiger partial charge is 0.297 e. The predicted octanol–water partition coefficient (Wildman–Crippen LogP) is 3.92. The highest BCUT2D eigenvalue weighted by Gasteiger charge is 2.21. The first-order valence-corrected chi connectivity index (χ1v) is 9.56. The maximum atomic E-state index is 13.9. The summed E-state index contributed by atoms with van der Waals surface area (Å²) < 4.78 is 15.5. The van der Waals surface area contributed by atoms with Crippen molar-refractivity contribution in [2.24, 2.45) is 5.92 Å². The van der Waals surface area contributed by atoms with Gasteiger partial charge < -0.3 is 0 Å². The molecule has 0 radical (unpaired) electrons. The number of thiazole rings is 1. The lowest BCUT2D eigenvalue weighted by Crippen LogP contribution is -2.34. The Hall–Kier alpha value is -2.05. The molecule has 0 atom stereocenters. The van der Waals surface area contributed by atoms with Crippen LogP contribution in [-0.2, 0) is 13.0 Å². The van der Waals surface area contributed by atoms with Crippen molar-refractivity contribution < 1.29 is 4.39 Å². The normalized spacial score (nSPS) is 16.4. The van der Waals surface area contributed by atoms with Crippen molar-refractivity contribution in [3.05, 3.63) is 64.6 Å². The van der Waals surface area contributed by atoms with E-state index in [1.54, 1.807) is 28.2 Å². The molecule has 0 aliphatic carbocycles. The molecule has 0 spiro atoms. The fraction of sp³-hybridized carbons (Fsp3) is 0.368. The molecule has 0 bridgehead atoms. The smallest absolute Gasteiger partial charge is 0.148 e. The molecular formula is C19H21FN4S. The van der Waals surface area contributed by atoms with Crippen molar-refractivity contribution in [2.75, 3.05) is 13.1 Å². The van der Waals surface area contributed by atoms with Gasteiger partial charge in [0.2, 0.25) is 0 Å². The van der Waals surface area contributed by atoms with E-state index in [0.717, 1.165) is 37.7 Å². The second-order valence-corrected chi connectivity index (χ2v) is 7.53. The summed E-state index contributed by atoms with van der Waals surface area (Å²) in [6, 6.07) is 8.71. The van der Waals surface area contributed by atoms with Crippen LogP contribution in [0.1, 0.15) is 23.5 Å². The predicted molar refractivity (Wildman–Crippen MR) is 97.3 cm³/mol. The highest BCUT2D eigenvalue weighted by atomic mass is 32.1. The van der Waals surface area contributed by atoms with Gasteiger partial charge in [0.25, 0.3) is 0 Å². The zero-order chi connectivity index (χ0) is 17.1. The van der Waals surface area contributed by atoms with Crippen LogP contribution in [0.15, 0.2) is 48.1 Å². The molecule has 1 aliphatic heterocycles. The third kappa shape index (κ3) is 3.96. The highest BCUT2D eigenvalue weighted by molar-refractivity contribution is 7.09. The van der Waals surface area contributed by atoms with E-state index in [-0.39, 0.29) is 5.82 Å². The molecule has 3 aromatic rings. The average molecular weight is 356 g/mol. The molecule has 2 aromatic heterocycles. The van der Waals surface area contributed by atoms with Crippen LogP contribution in [0, 0.1) is 11.7 Å². The molecule has 25 heavy (non-hydrogen) atoms. The third-order valence-corrected chi connectivity index (χ3v) is 5.59. The second-order valence-electron chi connectivity index (χ2n) is 6.55. The summed E-state index contributed by atoms with van der Waals surface area (Å²) in [5.74, 6) is 0.485. The number of likely N-dealkylation sites (tertiary alicyclic amines) is 1. The summed E-state index contributed by atoms with van der Waals surface area (Å²) in [6.45, 7) is 3.00. The van der Waals surface area contributed by atoms with Crippen molar-refractivity contribution in [1.29, 1.82) is 0 Å². The lowest BCUT2D eigenvalue weighted by molar-refractivity contribution is 0.175. The van der Waals surface area contributed by atoms with Gasteiger partial charge in [0.05, 0.1) is 10.7 Å². The van der Waals surface area contributed by atoms with Gasteiger partial charge >= 0.3 is 0 Å². The number of piperidine rings is 1. The molecule has 4 rings (SSSR count). The van der Waals surface area contributed by atoms with Crippen LogP contribution < -0.4 is 0 Å². The van der Waals surface area contributed by atoms with Crippen molar-refractivity contribution >= 4 is 11.3 Å². The molecule has 0 unspecified atom stereocenters. The number of nitrogens with zero attached hydrogens (tertiary/aromatic N) is 4. The van der Waals surface area contributed by atoms with E-state index in [9.17, 15) is 4.39 Å². The van der Waals surface area contributed by atoms with Gasteiger partial charge in [-0.05, 0) is 50.0 Å². The molecule has 4 nitrogen and oxygen atoms in total. The Morgan fingerprint density at radius 3 is 2.76 bits per heavy atom. The van der Waals surface area contributed by atoms with Gasteiger partial charge in [0.1, 0.15) is 11.5 Å². The van der Waals surface area contributed by atoms with Gasteiger partial charge in [-0.15, -0.1) is 11.3 Å². The van der Waals surface area contributed by atoms with Gasteiger partial charge in [-0.1, -0.05) is 12.1 Å². The Balaban J connectivity index is 1.32. The highest BCUT2D eigenvalue weighted by Crippen LogP contribution is 2.23. The Morgan fingerprint density at radius 2 is 2.00 bits per heavy atom. The molecule has 3 heterocycles. The number of hydrogen-bond donors (Lipinski definition) is 0. The van der Waals surface area contributed by atoms with Crippen LogP contribution in [0.4, 0.5) is 4.39 Å². The van der Waals surface area contributed by atoms with E-state index in [1.165, 1.54) is 23.9 Å². The summed E-state index contributed by atoms with van der Waals surface area (Å²) >= 11 is 1.75. The van der Waals surface area contributed by atoms with E-state index in [1.807, 2.05) is 24.5 Å². The van der Waals surface area contributed by atoms with Gasteiger partial charge in [-0.3, -0.25) is 4.90 Å². The Kier molecular flexibility index (Phi) is 4.90. The fourth-order valence-electron chi connectivity index (χ4n) is 3.40. The topological polar surface area (TPSA) is 34.0 Å². The maximum absolute atomic E-state index is 13.9. The zero-order valence-corrected chi connectivity index (χ0v) is 14.8. The van der Waals surface area contributed by atoms with E-state index >= 15 is 0 Å². The van der Waals surface area contributed by atoms with Crippen LogP contribution >= 0.6 is 11.3 Å². The minimum atomic E-state index is -0.250. The monoisotopic (exact) mass is 356 g/mol. The summed E-state index contributed by atoms with van der Waals surface area (Å²) in [5.41, 5.74) is 1.48. The van der Waals surface area contributed by atoms with Crippen molar-refractivity contribution in [1.82, 2.24) is 19.7 Å². The quantitative estimate of drug-likeness (QED) is 0.695. The SMILES string of the molecule is Fc1ccccc1-n1ccc(CN2CCC(Cc3nccs3)CC2)n1. The standard InChI is InChI=1S/C19H21FN4S/c20-17-3-1-2-4-18(17)24-11-7-16(22-24)14-23-9-5-15(6-10-23)13-19-21-8-12-25-19/h1-4,7-8,11-12,15H,5-6,9-10,13-14H2. The minimum Gasteiger partial charge on any atom is -0.297 e. The van der Waals surface area contributed by atoms with Crippen LogP contribution in [0.3, 0.4) is 0 Å². The third-order valence-electron chi connectivity index (χ3n) is 4.78. The minimum absolute atomic E-state index is 0.250.